The molecule has 4 heteroatoms. The van der Waals surface area contributed by atoms with E-state index in [1.54, 1.807) is 12.1 Å². The Labute approximate surface area is 120 Å². The van der Waals surface area contributed by atoms with Crippen LogP contribution in [0.3, 0.4) is 0 Å². The van der Waals surface area contributed by atoms with E-state index in [4.69, 9.17) is 4.84 Å². The summed E-state index contributed by atoms with van der Waals surface area (Å²) in [5.41, 5.74) is 5.15. The Hall–Kier alpha value is -1.65. The Balaban J connectivity index is 1.84. The van der Waals surface area contributed by atoms with Gasteiger partial charge in [-0.3, -0.25) is 9.63 Å². The van der Waals surface area contributed by atoms with Crippen molar-refractivity contribution in [3.63, 3.8) is 0 Å². The van der Waals surface area contributed by atoms with Crippen molar-refractivity contribution < 1.29 is 9.63 Å². The zero-order chi connectivity index (χ0) is 13.5. The number of rotatable bonds is 5. The molecule has 0 aliphatic heterocycles. The fourth-order valence-electron chi connectivity index (χ4n) is 1.56. The molecule has 0 saturated carbocycles. The molecular formula is C15H14BrNO2. The number of hydrogen-bond donors (Lipinski definition) is 1. The van der Waals surface area contributed by atoms with E-state index >= 15 is 0 Å². The highest BCUT2D eigenvalue weighted by Gasteiger charge is 2.04. The van der Waals surface area contributed by atoms with Crippen LogP contribution in [-0.4, -0.2) is 5.91 Å². The predicted octanol–water partition coefficient (Wildman–Crippen LogP) is 3.44. The molecule has 0 atom stereocenters. The molecule has 2 rings (SSSR count). The Morgan fingerprint density at radius 1 is 1.00 bits per heavy atom. The summed E-state index contributed by atoms with van der Waals surface area (Å²) in [6.07, 6.45) is 0. The third-order valence-electron chi connectivity index (χ3n) is 2.62. The minimum absolute atomic E-state index is 0.239. The van der Waals surface area contributed by atoms with E-state index in [0.29, 0.717) is 12.2 Å². The Kier molecular flexibility index (Phi) is 5.12. The van der Waals surface area contributed by atoms with Gasteiger partial charge in [0, 0.05) is 10.9 Å². The molecule has 1 N–H and O–H groups in total. The molecule has 19 heavy (non-hydrogen) atoms. The van der Waals surface area contributed by atoms with Gasteiger partial charge in [-0.1, -0.05) is 58.4 Å². The molecule has 0 fully saturated rings. The molecule has 3 nitrogen and oxygen atoms in total. The van der Waals surface area contributed by atoms with Gasteiger partial charge in [0.25, 0.3) is 5.91 Å². The van der Waals surface area contributed by atoms with E-state index in [0.717, 1.165) is 16.5 Å². The van der Waals surface area contributed by atoms with Gasteiger partial charge in [-0.15, -0.1) is 0 Å². The smallest absolute Gasteiger partial charge is 0.269 e. The molecule has 0 aliphatic carbocycles. The highest BCUT2D eigenvalue weighted by molar-refractivity contribution is 9.08. The number of alkyl halides is 1. The number of nitrogens with one attached hydrogen (secondary N) is 1. The van der Waals surface area contributed by atoms with Gasteiger partial charge in [-0.05, 0) is 23.3 Å². The maximum atomic E-state index is 11.8. The lowest BCUT2D eigenvalue weighted by Gasteiger charge is -2.06. The molecule has 2 aromatic rings. The maximum Gasteiger partial charge on any atom is 0.274 e. The summed E-state index contributed by atoms with van der Waals surface area (Å²) in [4.78, 5) is 17.0. The SMILES string of the molecule is O=C(NOCc1ccccc1)c1ccc(CBr)cc1. The van der Waals surface area contributed by atoms with E-state index in [2.05, 4.69) is 21.4 Å². The zero-order valence-electron chi connectivity index (χ0n) is 10.3. The van der Waals surface area contributed by atoms with Crippen LogP contribution in [0, 0.1) is 0 Å². The Morgan fingerprint density at radius 3 is 2.32 bits per heavy atom. The van der Waals surface area contributed by atoms with Crippen LogP contribution in [0.15, 0.2) is 54.6 Å². The average molecular weight is 320 g/mol. The van der Waals surface area contributed by atoms with Crippen LogP contribution in [0.5, 0.6) is 0 Å². The lowest BCUT2D eigenvalue weighted by atomic mass is 10.1. The van der Waals surface area contributed by atoms with Crippen LogP contribution in [-0.2, 0) is 16.8 Å². The van der Waals surface area contributed by atoms with Crippen molar-refractivity contribution in [3.05, 3.63) is 71.3 Å². The number of carbonyl (C=O) groups excluding carboxylic acids is 1. The highest BCUT2D eigenvalue weighted by atomic mass is 79.9. The lowest BCUT2D eigenvalue weighted by Crippen LogP contribution is -2.23. The van der Waals surface area contributed by atoms with Crippen molar-refractivity contribution >= 4 is 21.8 Å². The molecule has 0 aromatic heterocycles. The van der Waals surface area contributed by atoms with Gasteiger partial charge in [0.1, 0.15) is 0 Å². The Morgan fingerprint density at radius 2 is 1.68 bits per heavy atom. The maximum absolute atomic E-state index is 11.8. The van der Waals surface area contributed by atoms with E-state index in [1.165, 1.54) is 0 Å². The quantitative estimate of drug-likeness (QED) is 0.677. The normalized spacial score (nSPS) is 10.2. The van der Waals surface area contributed by atoms with Gasteiger partial charge in [0.05, 0.1) is 6.61 Å². The first-order chi connectivity index (χ1) is 9.29. The topological polar surface area (TPSA) is 38.3 Å². The molecule has 98 valence electrons. The molecule has 0 heterocycles. The van der Waals surface area contributed by atoms with Crippen LogP contribution in [0.1, 0.15) is 21.5 Å². The molecule has 0 spiro atoms. The van der Waals surface area contributed by atoms with E-state index < -0.39 is 0 Å². The molecule has 2 aromatic carbocycles. The summed E-state index contributed by atoms with van der Waals surface area (Å²) < 4.78 is 0. The summed E-state index contributed by atoms with van der Waals surface area (Å²) in [6, 6.07) is 17.0. The number of halogens is 1. The fraction of sp³-hybridized carbons (Fsp3) is 0.133. The first kappa shape index (κ1) is 13.8. The molecule has 0 radical (unpaired) electrons. The fourth-order valence-corrected chi connectivity index (χ4v) is 1.94. The number of amides is 1. The number of hydroxylamine groups is 1. The van der Waals surface area contributed by atoms with Gasteiger partial charge in [0.2, 0.25) is 0 Å². The predicted molar refractivity (Wildman–Crippen MR) is 77.8 cm³/mol. The highest BCUT2D eigenvalue weighted by Crippen LogP contribution is 2.08. The third-order valence-corrected chi connectivity index (χ3v) is 3.26. The van der Waals surface area contributed by atoms with Gasteiger partial charge >= 0.3 is 0 Å². The van der Waals surface area contributed by atoms with Gasteiger partial charge in [-0.2, -0.15) is 0 Å². The zero-order valence-corrected chi connectivity index (χ0v) is 11.9. The lowest BCUT2D eigenvalue weighted by molar-refractivity contribution is 0.0233. The number of carbonyl (C=O) groups is 1. The molecule has 1 amide bonds. The van der Waals surface area contributed by atoms with Crippen LogP contribution >= 0.6 is 15.9 Å². The van der Waals surface area contributed by atoms with Crippen molar-refractivity contribution in [1.82, 2.24) is 5.48 Å². The standard InChI is InChI=1S/C15H14BrNO2/c16-10-12-6-8-14(9-7-12)15(18)17-19-11-13-4-2-1-3-5-13/h1-9H,10-11H2,(H,17,18). The Bertz CT molecular complexity index is 526. The summed E-state index contributed by atoms with van der Waals surface area (Å²) in [6.45, 7) is 0.353. The molecule has 0 bridgehead atoms. The van der Waals surface area contributed by atoms with Gasteiger partial charge in [0.15, 0.2) is 0 Å². The van der Waals surface area contributed by atoms with E-state index in [-0.39, 0.29) is 5.91 Å². The van der Waals surface area contributed by atoms with Gasteiger partial charge < -0.3 is 0 Å². The molecule has 0 aliphatic rings. The van der Waals surface area contributed by atoms with Crippen molar-refractivity contribution in [3.8, 4) is 0 Å². The first-order valence-electron chi connectivity index (χ1n) is 5.90. The third kappa shape index (κ3) is 4.19. The van der Waals surface area contributed by atoms with Crippen LogP contribution in [0.2, 0.25) is 0 Å². The molecule has 0 saturated heterocycles. The monoisotopic (exact) mass is 319 g/mol. The number of hydrogen-bond acceptors (Lipinski definition) is 2. The second kappa shape index (κ2) is 7.07. The van der Waals surface area contributed by atoms with Crippen LogP contribution < -0.4 is 5.48 Å². The van der Waals surface area contributed by atoms with E-state index in [1.807, 2.05) is 42.5 Å². The minimum Gasteiger partial charge on any atom is -0.269 e. The summed E-state index contributed by atoms with van der Waals surface area (Å²) in [7, 11) is 0. The summed E-state index contributed by atoms with van der Waals surface area (Å²) in [5.74, 6) is -0.239. The van der Waals surface area contributed by atoms with Crippen LogP contribution in [0.25, 0.3) is 0 Å². The van der Waals surface area contributed by atoms with Crippen molar-refractivity contribution in [1.29, 1.82) is 0 Å². The molecule has 0 unspecified atom stereocenters. The average Bonchev–Trinajstić information content (AvgIpc) is 2.48. The van der Waals surface area contributed by atoms with Crippen molar-refractivity contribution in [2.45, 2.75) is 11.9 Å². The van der Waals surface area contributed by atoms with Crippen molar-refractivity contribution in [2.75, 3.05) is 0 Å². The summed E-state index contributed by atoms with van der Waals surface area (Å²) >= 11 is 3.36. The number of benzene rings is 2. The van der Waals surface area contributed by atoms with Gasteiger partial charge in [-0.25, -0.2) is 5.48 Å². The minimum atomic E-state index is -0.239. The largest absolute Gasteiger partial charge is 0.274 e. The summed E-state index contributed by atoms with van der Waals surface area (Å²) in [5, 5.41) is 0.777. The van der Waals surface area contributed by atoms with E-state index in [9.17, 15) is 4.79 Å². The van der Waals surface area contributed by atoms with Crippen molar-refractivity contribution in [2.24, 2.45) is 0 Å². The second-order valence-electron chi connectivity index (χ2n) is 4.04. The van der Waals surface area contributed by atoms with Crippen LogP contribution in [0.4, 0.5) is 0 Å². The second-order valence-corrected chi connectivity index (χ2v) is 4.60. The first-order valence-corrected chi connectivity index (χ1v) is 7.02. The molecular weight excluding hydrogens is 306 g/mol.